The van der Waals surface area contributed by atoms with Gasteiger partial charge in [-0.3, -0.25) is 9.20 Å². The monoisotopic (exact) mass is 464 g/mol. The normalized spacial score (nSPS) is 11.1. The number of nitrogens with zero attached hydrogens (tertiary/aromatic N) is 4. The van der Waals surface area contributed by atoms with E-state index in [2.05, 4.69) is 16.9 Å². The van der Waals surface area contributed by atoms with Crippen molar-refractivity contribution in [1.29, 1.82) is 0 Å². The molecule has 1 aromatic carbocycles. The summed E-state index contributed by atoms with van der Waals surface area (Å²) in [4.78, 5) is 33.3. The molecule has 4 rings (SSSR count). The molecule has 0 N–H and O–H groups in total. The zero-order chi connectivity index (χ0) is 23.4. The molecule has 0 fully saturated rings. The number of hydrogen-bond acceptors (Lipinski definition) is 5. The van der Waals surface area contributed by atoms with Crippen LogP contribution in [-0.2, 0) is 17.7 Å². The summed E-state index contributed by atoms with van der Waals surface area (Å²) in [5.74, 6) is 0.387. The van der Waals surface area contributed by atoms with Gasteiger partial charge >= 0.3 is 5.97 Å². The molecule has 0 spiro atoms. The molecule has 3 heterocycles. The number of esters is 1. The number of hydrogen-bond donors (Lipinski definition) is 0. The molecule has 170 valence electrons. The molecule has 8 heteroatoms. The molecule has 7 nitrogen and oxygen atoms in total. The van der Waals surface area contributed by atoms with Crippen LogP contribution < -0.4 is 0 Å². The summed E-state index contributed by atoms with van der Waals surface area (Å²) in [6, 6.07) is 13.3. The van der Waals surface area contributed by atoms with Gasteiger partial charge in [-0.05, 0) is 31.0 Å². The van der Waals surface area contributed by atoms with Crippen molar-refractivity contribution >= 4 is 29.5 Å². The molecule has 0 unspecified atom stereocenters. The first-order chi connectivity index (χ1) is 16.1. The second-order valence-corrected chi connectivity index (χ2v) is 8.02. The quantitative estimate of drug-likeness (QED) is 0.250. The molecule has 4 aromatic rings. The molecule has 0 aliphatic rings. The summed E-state index contributed by atoms with van der Waals surface area (Å²) in [5, 5.41) is 0.233. The van der Waals surface area contributed by atoms with Crippen molar-refractivity contribution < 1.29 is 14.3 Å². The molecule has 0 aliphatic heterocycles. The fraction of sp³-hybridized carbons (Fsp3) is 0.280. The van der Waals surface area contributed by atoms with Gasteiger partial charge < -0.3 is 9.30 Å². The molecular weight excluding hydrogens is 440 g/mol. The summed E-state index contributed by atoms with van der Waals surface area (Å²) in [6.45, 7) is 4.64. The van der Waals surface area contributed by atoms with E-state index < -0.39 is 5.97 Å². The predicted octanol–water partition coefficient (Wildman–Crippen LogP) is 5.23. The zero-order valence-corrected chi connectivity index (χ0v) is 19.4. The number of aryl methyl sites for hydroxylation is 1. The summed E-state index contributed by atoms with van der Waals surface area (Å²) in [7, 11) is 0. The average Bonchev–Trinajstić information content (AvgIpc) is 3.35. The molecule has 0 bridgehead atoms. The van der Waals surface area contributed by atoms with Crippen LogP contribution in [0.15, 0.2) is 48.7 Å². The van der Waals surface area contributed by atoms with E-state index in [4.69, 9.17) is 16.3 Å². The second kappa shape index (κ2) is 10.0. The van der Waals surface area contributed by atoms with Gasteiger partial charge in [-0.1, -0.05) is 55.3 Å². The van der Waals surface area contributed by atoms with Gasteiger partial charge in [0.25, 0.3) is 0 Å². The Morgan fingerprint density at radius 2 is 1.91 bits per heavy atom. The molecule has 0 saturated heterocycles. The van der Waals surface area contributed by atoms with E-state index in [1.807, 2.05) is 47.0 Å². The van der Waals surface area contributed by atoms with E-state index in [0.29, 0.717) is 29.3 Å². The Hall–Kier alpha value is -3.45. The van der Waals surface area contributed by atoms with Crippen LogP contribution in [0, 0.1) is 0 Å². The Morgan fingerprint density at radius 1 is 1.12 bits per heavy atom. The van der Waals surface area contributed by atoms with Gasteiger partial charge in [0.15, 0.2) is 17.1 Å². The Kier molecular flexibility index (Phi) is 6.89. The fourth-order valence-corrected chi connectivity index (χ4v) is 4.08. The lowest BCUT2D eigenvalue weighted by Crippen LogP contribution is -2.10. The third-order valence-corrected chi connectivity index (χ3v) is 5.75. The van der Waals surface area contributed by atoms with Gasteiger partial charge in [-0.2, -0.15) is 0 Å². The molecule has 0 radical (unpaired) electrons. The molecule has 0 aliphatic carbocycles. The van der Waals surface area contributed by atoms with Gasteiger partial charge in [-0.25, -0.2) is 14.8 Å². The minimum atomic E-state index is -0.417. The van der Waals surface area contributed by atoms with Gasteiger partial charge in [0.1, 0.15) is 22.9 Å². The van der Waals surface area contributed by atoms with Crippen LogP contribution in [0.1, 0.15) is 59.1 Å². The number of carbonyl (C=O) groups is 2. The largest absolute Gasteiger partial charge is 0.461 e. The van der Waals surface area contributed by atoms with Crippen molar-refractivity contribution in [3.8, 4) is 11.3 Å². The van der Waals surface area contributed by atoms with E-state index in [1.54, 1.807) is 17.5 Å². The van der Waals surface area contributed by atoms with Crippen molar-refractivity contribution in [2.24, 2.45) is 0 Å². The van der Waals surface area contributed by atoms with Crippen molar-refractivity contribution in [2.75, 3.05) is 6.61 Å². The molecular formula is C25H25ClN4O3. The Bertz CT molecular complexity index is 1290. The number of unbranched alkanes of at least 4 members (excludes halogenated alkanes) is 1. The lowest BCUT2D eigenvalue weighted by atomic mass is 10.1. The number of halogens is 1. The van der Waals surface area contributed by atoms with E-state index in [-0.39, 0.29) is 11.8 Å². The highest BCUT2D eigenvalue weighted by Gasteiger charge is 2.22. The number of carbonyl (C=O) groups excluding carboxylic acids is 2. The van der Waals surface area contributed by atoms with E-state index in [9.17, 15) is 9.59 Å². The molecule has 0 atom stereocenters. The van der Waals surface area contributed by atoms with Crippen molar-refractivity contribution in [1.82, 2.24) is 18.9 Å². The number of pyridine rings is 1. The zero-order valence-electron chi connectivity index (χ0n) is 18.6. The van der Waals surface area contributed by atoms with E-state index in [1.165, 1.54) is 0 Å². The number of ether oxygens (including phenoxy) is 1. The summed E-state index contributed by atoms with van der Waals surface area (Å²) >= 11 is 6.19. The van der Waals surface area contributed by atoms with E-state index >= 15 is 0 Å². The maximum absolute atomic E-state index is 12.7. The smallest absolute Gasteiger partial charge is 0.357 e. The van der Waals surface area contributed by atoms with Crippen LogP contribution in [0.2, 0.25) is 5.15 Å². The minimum absolute atomic E-state index is 0.233. The maximum atomic E-state index is 12.7. The highest BCUT2D eigenvalue weighted by Crippen LogP contribution is 2.26. The summed E-state index contributed by atoms with van der Waals surface area (Å²) in [5.41, 5.74) is 3.80. The first kappa shape index (κ1) is 22.7. The third-order valence-electron chi connectivity index (χ3n) is 5.47. The van der Waals surface area contributed by atoms with Gasteiger partial charge in [0, 0.05) is 24.7 Å². The topological polar surface area (TPSA) is 78.5 Å². The van der Waals surface area contributed by atoms with Crippen LogP contribution in [0.25, 0.3) is 16.9 Å². The molecule has 0 saturated carbocycles. The van der Waals surface area contributed by atoms with Crippen molar-refractivity contribution in [3.05, 3.63) is 76.6 Å². The lowest BCUT2D eigenvalue weighted by molar-refractivity contribution is 0.0519. The van der Waals surface area contributed by atoms with Gasteiger partial charge in [0.2, 0.25) is 0 Å². The lowest BCUT2D eigenvalue weighted by Gasteiger charge is -2.10. The number of fused-ring (bicyclic) bond motifs is 1. The van der Waals surface area contributed by atoms with Crippen LogP contribution >= 0.6 is 11.6 Å². The summed E-state index contributed by atoms with van der Waals surface area (Å²) < 4.78 is 8.89. The SMILES string of the molecule is CCCCc1nc(Cl)c(C=O)n1Cc1ccc(-c2nc3ccccn3c2C(=O)OCC)cc1. The Labute approximate surface area is 197 Å². The predicted molar refractivity (Wildman–Crippen MR) is 127 cm³/mol. The number of benzene rings is 1. The number of imidazole rings is 2. The molecule has 3 aromatic heterocycles. The van der Waals surface area contributed by atoms with Crippen molar-refractivity contribution in [2.45, 2.75) is 39.7 Å². The number of aldehydes is 1. The molecule has 0 amide bonds. The standard InChI is InChI=1S/C25H25ClN4O3/c1-3-5-8-21-28-24(26)19(16-31)30(21)15-17-10-12-18(13-11-17)22-23(25(32)33-4-2)29-14-7-6-9-20(29)27-22/h6-7,9-14,16H,3-5,8,15H2,1-2H3. The second-order valence-electron chi connectivity index (χ2n) is 7.67. The fourth-order valence-electron chi connectivity index (χ4n) is 3.84. The van der Waals surface area contributed by atoms with Gasteiger partial charge in [0.05, 0.1) is 6.61 Å². The number of rotatable bonds is 9. The number of aromatic nitrogens is 4. The van der Waals surface area contributed by atoms with Crippen molar-refractivity contribution in [3.63, 3.8) is 0 Å². The third kappa shape index (κ3) is 4.54. The highest BCUT2D eigenvalue weighted by atomic mass is 35.5. The molecule has 33 heavy (non-hydrogen) atoms. The minimum Gasteiger partial charge on any atom is -0.461 e. The van der Waals surface area contributed by atoms with Crippen LogP contribution in [-0.4, -0.2) is 37.8 Å². The van der Waals surface area contributed by atoms with Gasteiger partial charge in [-0.15, -0.1) is 0 Å². The van der Waals surface area contributed by atoms with Crippen LogP contribution in [0.4, 0.5) is 0 Å². The Balaban J connectivity index is 1.68. The van der Waals surface area contributed by atoms with Crippen LogP contribution in [0.5, 0.6) is 0 Å². The highest BCUT2D eigenvalue weighted by molar-refractivity contribution is 6.31. The van der Waals surface area contributed by atoms with E-state index in [0.717, 1.165) is 42.5 Å². The first-order valence-corrected chi connectivity index (χ1v) is 11.4. The summed E-state index contributed by atoms with van der Waals surface area (Å²) in [6.07, 6.45) is 5.30. The van der Waals surface area contributed by atoms with Crippen LogP contribution in [0.3, 0.4) is 0 Å². The maximum Gasteiger partial charge on any atom is 0.357 e. The average molecular weight is 465 g/mol. The Morgan fingerprint density at radius 3 is 2.61 bits per heavy atom. The first-order valence-electron chi connectivity index (χ1n) is 11.0.